The van der Waals surface area contributed by atoms with E-state index in [4.69, 9.17) is 4.74 Å². The lowest BCUT2D eigenvalue weighted by Gasteiger charge is -2.19. The second-order valence-electron chi connectivity index (χ2n) is 4.01. The molecule has 1 fully saturated rings. The minimum Gasteiger partial charge on any atom is -0.360 e. The molecule has 0 aromatic rings. The minimum absolute atomic E-state index is 0.0162. The zero-order chi connectivity index (χ0) is 7.78. The first-order valence-corrected chi connectivity index (χ1v) is 3.87. The lowest BCUT2D eigenvalue weighted by Crippen LogP contribution is -2.23. The lowest BCUT2D eigenvalue weighted by atomic mass is 10.2. The van der Waals surface area contributed by atoms with Crippen molar-refractivity contribution in [2.75, 3.05) is 13.3 Å². The summed E-state index contributed by atoms with van der Waals surface area (Å²) in [4.78, 5) is 2.30. The molecule has 1 saturated heterocycles. The number of hydrogen-bond donors (Lipinski definition) is 0. The molecule has 1 aliphatic heterocycles. The van der Waals surface area contributed by atoms with Crippen LogP contribution in [-0.4, -0.2) is 29.8 Å². The average molecular weight is 143 g/mol. The third kappa shape index (κ3) is 2.67. The van der Waals surface area contributed by atoms with Crippen LogP contribution < -0.4 is 0 Å². The topological polar surface area (TPSA) is 12.2 Å². The standard InChI is InChI=1S/C8H17NO/c1-7-5-9(7)6-10-8(2,3)4/h7H,5-6H2,1-4H3/t7-,9?/m1/s1. The van der Waals surface area contributed by atoms with E-state index >= 15 is 0 Å². The van der Waals surface area contributed by atoms with Crippen LogP contribution in [-0.2, 0) is 4.74 Å². The van der Waals surface area contributed by atoms with Crippen LogP contribution in [0.4, 0.5) is 0 Å². The van der Waals surface area contributed by atoms with Crippen molar-refractivity contribution < 1.29 is 4.74 Å². The van der Waals surface area contributed by atoms with Gasteiger partial charge < -0.3 is 4.74 Å². The third-order valence-corrected chi connectivity index (χ3v) is 1.65. The average Bonchev–Trinajstić information content (AvgIpc) is 2.40. The number of nitrogens with zero attached hydrogens (tertiary/aromatic N) is 1. The van der Waals surface area contributed by atoms with Crippen LogP contribution in [0.5, 0.6) is 0 Å². The summed E-state index contributed by atoms with van der Waals surface area (Å²) in [7, 11) is 0. The summed E-state index contributed by atoms with van der Waals surface area (Å²) in [5.41, 5.74) is 0.0162. The van der Waals surface area contributed by atoms with Crippen molar-refractivity contribution >= 4 is 0 Å². The second kappa shape index (κ2) is 2.51. The number of ether oxygens (including phenoxy) is 1. The highest BCUT2D eigenvalue weighted by Crippen LogP contribution is 2.17. The van der Waals surface area contributed by atoms with Crippen LogP contribution in [0.15, 0.2) is 0 Å². The molecule has 2 heteroatoms. The van der Waals surface area contributed by atoms with Gasteiger partial charge in [0.25, 0.3) is 0 Å². The first-order chi connectivity index (χ1) is 4.49. The smallest absolute Gasteiger partial charge is 0.100 e. The quantitative estimate of drug-likeness (QED) is 0.542. The first-order valence-electron chi connectivity index (χ1n) is 3.87. The Bertz CT molecular complexity index is 117. The van der Waals surface area contributed by atoms with Gasteiger partial charge in [0.15, 0.2) is 0 Å². The van der Waals surface area contributed by atoms with Gasteiger partial charge in [-0.3, -0.25) is 4.90 Å². The number of rotatable bonds is 2. The van der Waals surface area contributed by atoms with Gasteiger partial charge in [-0.1, -0.05) is 0 Å². The molecule has 0 aromatic carbocycles. The van der Waals surface area contributed by atoms with E-state index in [0.717, 1.165) is 12.8 Å². The number of hydrogen-bond acceptors (Lipinski definition) is 2. The highest BCUT2D eigenvalue weighted by molar-refractivity contribution is 4.82. The Morgan fingerprint density at radius 3 is 2.30 bits per heavy atom. The van der Waals surface area contributed by atoms with E-state index < -0.39 is 0 Å². The summed E-state index contributed by atoms with van der Waals surface area (Å²) in [5.74, 6) is 0. The maximum atomic E-state index is 5.55. The van der Waals surface area contributed by atoms with E-state index in [2.05, 4.69) is 32.6 Å². The molecule has 0 spiro atoms. The molecule has 1 aliphatic rings. The Labute approximate surface area is 63.2 Å². The van der Waals surface area contributed by atoms with Gasteiger partial charge in [-0.2, -0.15) is 0 Å². The molecular weight excluding hydrogens is 126 g/mol. The fraction of sp³-hybridized carbons (Fsp3) is 1.00. The van der Waals surface area contributed by atoms with E-state index in [-0.39, 0.29) is 5.60 Å². The highest BCUT2D eigenvalue weighted by Gasteiger charge is 2.29. The lowest BCUT2D eigenvalue weighted by molar-refractivity contribution is -0.0364. The molecule has 0 aromatic heterocycles. The monoisotopic (exact) mass is 143 g/mol. The summed E-state index contributed by atoms with van der Waals surface area (Å²) in [6, 6.07) is 0.752. The summed E-state index contributed by atoms with van der Waals surface area (Å²) in [6.07, 6.45) is 0. The molecule has 0 radical (unpaired) electrons. The van der Waals surface area contributed by atoms with Crippen molar-refractivity contribution in [3.8, 4) is 0 Å². The zero-order valence-electron chi connectivity index (χ0n) is 7.35. The molecule has 1 unspecified atom stereocenters. The van der Waals surface area contributed by atoms with Gasteiger partial charge in [-0.15, -0.1) is 0 Å². The van der Waals surface area contributed by atoms with Crippen LogP contribution in [0, 0.1) is 0 Å². The van der Waals surface area contributed by atoms with Crippen molar-refractivity contribution in [2.45, 2.75) is 39.3 Å². The normalized spacial score (nSPS) is 32.4. The van der Waals surface area contributed by atoms with Crippen molar-refractivity contribution in [3.63, 3.8) is 0 Å². The maximum absolute atomic E-state index is 5.55. The molecule has 1 rings (SSSR count). The molecule has 0 bridgehead atoms. The molecule has 10 heavy (non-hydrogen) atoms. The Balaban J connectivity index is 2.06. The highest BCUT2D eigenvalue weighted by atomic mass is 16.5. The molecule has 0 aliphatic carbocycles. The van der Waals surface area contributed by atoms with Crippen LogP contribution in [0.25, 0.3) is 0 Å². The largest absolute Gasteiger partial charge is 0.360 e. The maximum Gasteiger partial charge on any atom is 0.100 e. The minimum atomic E-state index is 0.0162. The Morgan fingerprint density at radius 2 is 2.00 bits per heavy atom. The first kappa shape index (κ1) is 8.02. The van der Waals surface area contributed by atoms with E-state index in [1.807, 2.05) is 0 Å². The van der Waals surface area contributed by atoms with E-state index in [1.54, 1.807) is 0 Å². The van der Waals surface area contributed by atoms with Crippen LogP contribution in [0.2, 0.25) is 0 Å². The van der Waals surface area contributed by atoms with Gasteiger partial charge in [-0.25, -0.2) is 0 Å². The molecule has 0 amide bonds. The van der Waals surface area contributed by atoms with Gasteiger partial charge in [0.05, 0.1) is 5.60 Å². The Morgan fingerprint density at radius 1 is 1.50 bits per heavy atom. The van der Waals surface area contributed by atoms with Crippen LogP contribution >= 0.6 is 0 Å². The molecule has 60 valence electrons. The Kier molecular flexibility index (Phi) is 2.02. The van der Waals surface area contributed by atoms with E-state index in [1.165, 1.54) is 6.54 Å². The van der Waals surface area contributed by atoms with Crippen molar-refractivity contribution in [1.82, 2.24) is 4.90 Å². The van der Waals surface area contributed by atoms with Crippen LogP contribution in [0.1, 0.15) is 27.7 Å². The fourth-order valence-electron chi connectivity index (χ4n) is 0.749. The summed E-state index contributed by atoms with van der Waals surface area (Å²) < 4.78 is 5.55. The van der Waals surface area contributed by atoms with Crippen molar-refractivity contribution in [1.29, 1.82) is 0 Å². The van der Waals surface area contributed by atoms with Gasteiger partial charge in [0.2, 0.25) is 0 Å². The summed E-state index contributed by atoms with van der Waals surface area (Å²) >= 11 is 0. The molecule has 0 N–H and O–H groups in total. The molecule has 1 heterocycles. The summed E-state index contributed by atoms with van der Waals surface area (Å²) in [5, 5.41) is 0. The van der Waals surface area contributed by atoms with Gasteiger partial charge in [0, 0.05) is 12.6 Å². The predicted molar refractivity (Wildman–Crippen MR) is 41.9 cm³/mol. The van der Waals surface area contributed by atoms with Gasteiger partial charge in [-0.05, 0) is 27.7 Å². The predicted octanol–water partition coefficient (Wildman–Crippen LogP) is 1.46. The Hall–Kier alpha value is -0.0800. The van der Waals surface area contributed by atoms with Crippen molar-refractivity contribution in [2.24, 2.45) is 0 Å². The van der Waals surface area contributed by atoms with Gasteiger partial charge >= 0.3 is 0 Å². The van der Waals surface area contributed by atoms with E-state index in [9.17, 15) is 0 Å². The van der Waals surface area contributed by atoms with Crippen LogP contribution in [0.3, 0.4) is 0 Å². The molecule has 0 saturated carbocycles. The summed E-state index contributed by atoms with van der Waals surface area (Å²) in [6.45, 7) is 10.5. The van der Waals surface area contributed by atoms with Crippen molar-refractivity contribution in [3.05, 3.63) is 0 Å². The third-order valence-electron chi connectivity index (χ3n) is 1.65. The zero-order valence-corrected chi connectivity index (χ0v) is 7.35. The fourth-order valence-corrected chi connectivity index (χ4v) is 0.749. The SMILES string of the molecule is C[C@@H]1CN1COC(C)(C)C. The second-order valence-corrected chi connectivity index (χ2v) is 4.01. The molecular formula is C8H17NO. The van der Waals surface area contributed by atoms with E-state index in [0.29, 0.717) is 0 Å². The molecule has 2 atom stereocenters. The van der Waals surface area contributed by atoms with Gasteiger partial charge in [0.1, 0.15) is 6.73 Å². The molecule has 2 nitrogen and oxygen atoms in total.